The molecule has 4 aromatic rings. The summed E-state index contributed by atoms with van der Waals surface area (Å²) in [5.74, 6) is 0.478. The molecular weight excluding hydrogens is 371 g/mol. The number of para-hydroxylation sites is 1. The standard InChI is InChI=1S/C17H9ClF3N3S/c18-12-9-14-13(8-11(12)17(19,20)21)23-15(16-22-6-7-25-16)24(14)10-4-2-1-3-5-10/h1-9H. The molecular formula is C17H9ClF3N3S. The number of aromatic nitrogens is 3. The predicted octanol–water partition coefficient (Wildman–Crippen LogP) is 5.82. The summed E-state index contributed by atoms with van der Waals surface area (Å²) in [6.07, 6.45) is -2.91. The number of hydrogen-bond acceptors (Lipinski definition) is 3. The highest BCUT2D eigenvalue weighted by Gasteiger charge is 2.34. The zero-order chi connectivity index (χ0) is 17.6. The molecule has 0 radical (unpaired) electrons. The maximum absolute atomic E-state index is 13.2. The van der Waals surface area contributed by atoms with Gasteiger partial charge >= 0.3 is 6.18 Å². The minimum Gasteiger partial charge on any atom is -0.290 e. The van der Waals surface area contributed by atoms with Crippen molar-refractivity contribution in [1.82, 2.24) is 14.5 Å². The molecule has 0 N–H and O–H groups in total. The van der Waals surface area contributed by atoms with Crippen molar-refractivity contribution in [1.29, 1.82) is 0 Å². The van der Waals surface area contributed by atoms with Crippen LogP contribution >= 0.6 is 22.9 Å². The Bertz CT molecular complexity index is 1040. The Kier molecular flexibility index (Phi) is 3.77. The monoisotopic (exact) mass is 379 g/mol. The molecule has 0 amide bonds. The third-order valence-corrected chi connectivity index (χ3v) is 4.77. The summed E-state index contributed by atoms with van der Waals surface area (Å²) in [5, 5.41) is 2.05. The summed E-state index contributed by atoms with van der Waals surface area (Å²) in [4.78, 5) is 8.64. The molecule has 2 aromatic heterocycles. The molecule has 2 heterocycles. The Morgan fingerprint density at radius 2 is 1.84 bits per heavy atom. The van der Waals surface area contributed by atoms with E-state index in [4.69, 9.17) is 11.6 Å². The zero-order valence-electron chi connectivity index (χ0n) is 12.5. The molecule has 0 unspecified atom stereocenters. The van der Waals surface area contributed by atoms with Crippen LogP contribution in [-0.2, 0) is 6.18 Å². The van der Waals surface area contributed by atoms with Crippen molar-refractivity contribution in [3.8, 4) is 16.5 Å². The summed E-state index contributed by atoms with van der Waals surface area (Å²) in [6.45, 7) is 0. The predicted molar refractivity (Wildman–Crippen MR) is 92.2 cm³/mol. The van der Waals surface area contributed by atoms with E-state index in [0.29, 0.717) is 16.3 Å². The van der Waals surface area contributed by atoms with E-state index in [1.807, 2.05) is 30.3 Å². The van der Waals surface area contributed by atoms with Crippen molar-refractivity contribution in [3.63, 3.8) is 0 Å². The van der Waals surface area contributed by atoms with Crippen molar-refractivity contribution in [2.75, 3.05) is 0 Å². The van der Waals surface area contributed by atoms with Crippen LogP contribution in [0.1, 0.15) is 5.56 Å². The largest absolute Gasteiger partial charge is 0.417 e. The van der Waals surface area contributed by atoms with E-state index in [9.17, 15) is 13.2 Å². The van der Waals surface area contributed by atoms with Gasteiger partial charge in [-0.1, -0.05) is 29.8 Å². The first-order chi connectivity index (χ1) is 11.9. The average Bonchev–Trinajstić information content (AvgIpc) is 3.21. The van der Waals surface area contributed by atoms with Gasteiger partial charge in [-0.3, -0.25) is 4.57 Å². The lowest BCUT2D eigenvalue weighted by molar-refractivity contribution is -0.137. The highest BCUT2D eigenvalue weighted by Crippen LogP contribution is 2.39. The van der Waals surface area contributed by atoms with Crippen LogP contribution in [0, 0.1) is 0 Å². The van der Waals surface area contributed by atoms with Gasteiger partial charge in [0.1, 0.15) is 0 Å². The number of thiazole rings is 1. The number of fused-ring (bicyclic) bond motifs is 1. The Labute approximate surface area is 149 Å². The molecule has 0 saturated heterocycles. The summed E-state index contributed by atoms with van der Waals surface area (Å²) in [5.41, 5.74) is 0.580. The number of benzene rings is 2. The topological polar surface area (TPSA) is 30.7 Å². The number of alkyl halides is 3. The van der Waals surface area contributed by atoms with Crippen LogP contribution in [0.25, 0.3) is 27.6 Å². The molecule has 0 aliphatic rings. The third-order valence-electron chi connectivity index (χ3n) is 3.69. The molecule has 0 aliphatic carbocycles. The SMILES string of the molecule is FC(F)(F)c1cc2nc(-c3nccs3)n(-c3ccccc3)c2cc1Cl. The van der Waals surface area contributed by atoms with E-state index in [1.165, 1.54) is 17.4 Å². The normalized spacial score (nSPS) is 12.0. The van der Waals surface area contributed by atoms with Crippen molar-refractivity contribution >= 4 is 34.0 Å². The van der Waals surface area contributed by atoms with Crippen LogP contribution in [0.2, 0.25) is 5.02 Å². The number of halogens is 4. The van der Waals surface area contributed by atoms with Crippen molar-refractivity contribution in [3.05, 3.63) is 64.6 Å². The minimum atomic E-state index is -4.54. The smallest absolute Gasteiger partial charge is 0.290 e. The van der Waals surface area contributed by atoms with Gasteiger partial charge in [-0.25, -0.2) is 9.97 Å². The molecule has 126 valence electrons. The molecule has 0 aliphatic heterocycles. The van der Waals surface area contributed by atoms with E-state index >= 15 is 0 Å². The van der Waals surface area contributed by atoms with Gasteiger partial charge in [-0.2, -0.15) is 13.2 Å². The Hall–Kier alpha value is -2.38. The third kappa shape index (κ3) is 2.79. The van der Waals surface area contributed by atoms with E-state index in [-0.39, 0.29) is 10.5 Å². The fraction of sp³-hybridized carbons (Fsp3) is 0.0588. The number of nitrogens with zero attached hydrogens (tertiary/aromatic N) is 3. The van der Waals surface area contributed by atoms with Crippen molar-refractivity contribution < 1.29 is 13.2 Å². The molecule has 0 bridgehead atoms. The zero-order valence-corrected chi connectivity index (χ0v) is 14.0. The summed E-state index contributed by atoms with van der Waals surface area (Å²) in [6, 6.07) is 11.5. The number of rotatable bonds is 2. The van der Waals surface area contributed by atoms with Crippen LogP contribution < -0.4 is 0 Å². The fourth-order valence-electron chi connectivity index (χ4n) is 2.63. The summed E-state index contributed by atoms with van der Waals surface area (Å²) >= 11 is 7.27. The summed E-state index contributed by atoms with van der Waals surface area (Å²) < 4.78 is 41.2. The first-order valence-corrected chi connectivity index (χ1v) is 8.45. The summed E-state index contributed by atoms with van der Waals surface area (Å²) in [7, 11) is 0. The lowest BCUT2D eigenvalue weighted by Gasteiger charge is -2.10. The highest BCUT2D eigenvalue weighted by molar-refractivity contribution is 7.13. The van der Waals surface area contributed by atoms with Gasteiger partial charge in [-0.05, 0) is 24.3 Å². The van der Waals surface area contributed by atoms with E-state index in [2.05, 4.69) is 9.97 Å². The maximum Gasteiger partial charge on any atom is 0.417 e. The van der Waals surface area contributed by atoms with Gasteiger partial charge in [0.05, 0.1) is 21.6 Å². The van der Waals surface area contributed by atoms with Gasteiger partial charge in [0.15, 0.2) is 10.8 Å². The molecule has 2 aromatic carbocycles. The molecule has 0 spiro atoms. The quantitative estimate of drug-likeness (QED) is 0.439. The number of hydrogen-bond donors (Lipinski definition) is 0. The Balaban J connectivity index is 2.07. The molecule has 0 atom stereocenters. The second-order valence-corrected chi connectivity index (χ2v) is 6.56. The molecule has 3 nitrogen and oxygen atoms in total. The van der Waals surface area contributed by atoms with Crippen LogP contribution in [0.5, 0.6) is 0 Å². The van der Waals surface area contributed by atoms with Gasteiger partial charge in [0.25, 0.3) is 0 Å². The molecule has 0 saturated carbocycles. The molecule has 8 heteroatoms. The van der Waals surface area contributed by atoms with Gasteiger partial charge < -0.3 is 0 Å². The number of imidazole rings is 1. The van der Waals surface area contributed by atoms with Crippen LogP contribution in [0.3, 0.4) is 0 Å². The van der Waals surface area contributed by atoms with Gasteiger partial charge in [0, 0.05) is 17.3 Å². The lowest BCUT2D eigenvalue weighted by atomic mass is 10.2. The fourth-order valence-corrected chi connectivity index (χ4v) is 3.51. The van der Waals surface area contributed by atoms with Crippen LogP contribution in [0.15, 0.2) is 54.0 Å². The maximum atomic E-state index is 13.2. The first kappa shape index (κ1) is 16.1. The molecule has 0 fully saturated rings. The first-order valence-electron chi connectivity index (χ1n) is 7.19. The average molecular weight is 380 g/mol. The molecule has 25 heavy (non-hydrogen) atoms. The lowest BCUT2D eigenvalue weighted by Crippen LogP contribution is -2.06. The van der Waals surface area contributed by atoms with E-state index in [1.54, 1.807) is 16.1 Å². The van der Waals surface area contributed by atoms with E-state index < -0.39 is 11.7 Å². The highest BCUT2D eigenvalue weighted by atomic mass is 35.5. The minimum absolute atomic E-state index is 0.214. The van der Waals surface area contributed by atoms with E-state index in [0.717, 1.165) is 11.8 Å². The second kappa shape index (κ2) is 5.86. The second-order valence-electron chi connectivity index (χ2n) is 5.26. The van der Waals surface area contributed by atoms with Crippen LogP contribution in [0.4, 0.5) is 13.2 Å². The van der Waals surface area contributed by atoms with Crippen molar-refractivity contribution in [2.45, 2.75) is 6.18 Å². The van der Waals surface area contributed by atoms with Gasteiger partial charge in [0.2, 0.25) is 0 Å². The van der Waals surface area contributed by atoms with Crippen LogP contribution in [-0.4, -0.2) is 14.5 Å². The Morgan fingerprint density at radius 3 is 2.48 bits per heavy atom. The Morgan fingerprint density at radius 1 is 1.08 bits per heavy atom. The molecule has 4 rings (SSSR count). The van der Waals surface area contributed by atoms with Crippen molar-refractivity contribution in [2.24, 2.45) is 0 Å². The van der Waals surface area contributed by atoms with Gasteiger partial charge in [-0.15, -0.1) is 11.3 Å².